The summed E-state index contributed by atoms with van der Waals surface area (Å²) in [7, 11) is 0. The fourth-order valence-corrected chi connectivity index (χ4v) is 4.87. The van der Waals surface area contributed by atoms with Crippen LogP contribution in [-0.2, 0) is 6.54 Å². The maximum atomic E-state index is 14.8. The second-order valence-corrected chi connectivity index (χ2v) is 9.15. The summed E-state index contributed by atoms with van der Waals surface area (Å²) in [6, 6.07) is 4.91. The molecule has 0 spiro atoms. The first-order chi connectivity index (χ1) is 18.5. The van der Waals surface area contributed by atoms with E-state index in [1.54, 1.807) is 37.6 Å². The molecule has 1 aliphatic rings. The van der Waals surface area contributed by atoms with E-state index >= 15 is 0 Å². The maximum absolute atomic E-state index is 14.8. The average Bonchev–Trinajstić information content (AvgIpc) is 3.64. The molecule has 1 aromatic carbocycles. The van der Waals surface area contributed by atoms with Crippen LogP contribution in [0.25, 0.3) is 39.4 Å². The smallest absolute Gasteiger partial charge is 0.225 e. The summed E-state index contributed by atoms with van der Waals surface area (Å²) in [5.41, 5.74) is 9.08. The van der Waals surface area contributed by atoms with Gasteiger partial charge in [-0.2, -0.15) is 14.6 Å². The van der Waals surface area contributed by atoms with Crippen LogP contribution in [0, 0.1) is 12.7 Å². The Morgan fingerprint density at radius 3 is 2.61 bits per heavy atom. The van der Waals surface area contributed by atoms with Gasteiger partial charge >= 0.3 is 0 Å². The summed E-state index contributed by atoms with van der Waals surface area (Å²) in [5, 5.41) is 9.71. The lowest BCUT2D eigenvalue weighted by molar-refractivity contribution is 0.245. The van der Waals surface area contributed by atoms with Crippen molar-refractivity contribution in [1.82, 2.24) is 49.2 Å². The van der Waals surface area contributed by atoms with Gasteiger partial charge in [-0.3, -0.25) is 4.90 Å². The first kappa shape index (κ1) is 22.5. The van der Waals surface area contributed by atoms with E-state index in [2.05, 4.69) is 40.0 Å². The van der Waals surface area contributed by atoms with Gasteiger partial charge in [-0.15, -0.1) is 5.10 Å². The number of nitrogens with zero attached hydrogens (tertiary/aromatic N) is 11. The highest BCUT2D eigenvalue weighted by atomic mass is 19.1. The van der Waals surface area contributed by atoms with Gasteiger partial charge in [-0.1, -0.05) is 0 Å². The lowest BCUT2D eigenvalue weighted by Gasteiger charge is -2.36. The average molecular weight is 515 g/mol. The molecule has 0 atom stereocenters. The minimum absolute atomic E-state index is 0.207. The van der Waals surface area contributed by atoms with Gasteiger partial charge in [0.1, 0.15) is 11.3 Å². The van der Waals surface area contributed by atoms with Crippen LogP contribution in [0.15, 0.2) is 41.2 Å². The Kier molecular flexibility index (Phi) is 5.14. The summed E-state index contributed by atoms with van der Waals surface area (Å²) in [5.74, 6) is 1.22. The van der Waals surface area contributed by atoms with E-state index in [-0.39, 0.29) is 11.8 Å². The Balaban J connectivity index is 1.06. The first-order valence-corrected chi connectivity index (χ1v) is 12.2. The summed E-state index contributed by atoms with van der Waals surface area (Å²) >= 11 is 0. The van der Waals surface area contributed by atoms with E-state index in [1.807, 2.05) is 9.58 Å². The Bertz CT molecular complexity index is 1780. The predicted molar refractivity (Wildman–Crippen MR) is 137 cm³/mol. The summed E-state index contributed by atoms with van der Waals surface area (Å²) in [4.78, 5) is 26.1. The molecule has 2 N–H and O–H groups in total. The summed E-state index contributed by atoms with van der Waals surface area (Å²) in [6.45, 7) is 6.11. The zero-order valence-corrected chi connectivity index (χ0v) is 20.5. The molecule has 1 aliphatic heterocycles. The summed E-state index contributed by atoms with van der Waals surface area (Å²) < 4.78 is 23.7. The third-order valence-electron chi connectivity index (χ3n) is 6.77. The van der Waals surface area contributed by atoms with E-state index in [0.29, 0.717) is 65.3 Å². The second kappa shape index (κ2) is 8.69. The van der Waals surface area contributed by atoms with Crippen molar-refractivity contribution in [3.63, 3.8) is 0 Å². The predicted octanol–water partition coefficient (Wildman–Crippen LogP) is 1.92. The number of nitrogens with two attached hydrogens (primary N) is 1. The molecule has 0 radical (unpaired) electrons. The van der Waals surface area contributed by atoms with E-state index in [9.17, 15) is 4.39 Å². The van der Waals surface area contributed by atoms with Crippen molar-refractivity contribution in [3.05, 3.63) is 48.5 Å². The highest BCUT2D eigenvalue weighted by molar-refractivity contribution is 5.90. The van der Waals surface area contributed by atoms with Crippen LogP contribution in [0.3, 0.4) is 0 Å². The molecule has 6 aromatic rings. The van der Waals surface area contributed by atoms with Crippen molar-refractivity contribution in [2.45, 2.75) is 13.5 Å². The molecule has 5 aromatic heterocycles. The van der Waals surface area contributed by atoms with Crippen LogP contribution in [0.4, 0.5) is 16.0 Å². The van der Waals surface area contributed by atoms with Gasteiger partial charge in [-0.05, 0) is 6.07 Å². The van der Waals surface area contributed by atoms with E-state index in [1.165, 1.54) is 10.6 Å². The number of aromatic nitrogens is 9. The number of hydrogen-bond acceptors (Lipinski definition) is 11. The van der Waals surface area contributed by atoms with Gasteiger partial charge < -0.3 is 15.1 Å². The van der Waals surface area contributed by atoms with Gasteiger partial charge in [0.2, 0.25) is 11.8 Å². The number of oxazole rings is 1. The first-order valence-electron chi connectivity index (χ1n) is 12.2. The van der Waals surface area contributed by atoms with Crippen molar-refractivity contribution in [2.24, 2.45) is 0 Å². The zero-order valence-electron chi connectivity index (χ0n) is 20.5. The second-order valence-electron chi connectivity index (χ2n) is 9.15. The van der Waals surface area contributed by atoms with E-state index in [0.717, 1.165) is 25.0 Å². The largest absolute Gasteiger partial charge is 0.441 e. The van der Waals surface area contributed by atoms with Crippen molar-refractivity contribution in [2.75, 3.05) is 43.4 Å². The number of benzene rings is 1. The van der Waals surface area contributed by atoms with Crippen LogP contribution in [-0.4, -0.2) is 81.9 Å². The van der Waals surface area contributed by atoms with Gasteiger partial charge in [0.25, 0.3) is 0 Å². The quantitative estimate of drug-likeness (QED) is 0.360. The van der Waals surface area contributed by atoms with Crippen molar-refractivity contribution >= 4 is 39.4 Å². The van der Waals surface area contributed by atoms with Crippen LogP contribution >= 0.6 is 0 Å². The van der Waals surface area contributed by atoms with E-state index < -0.39 is 0 Å². The normalized spacial score (nSPS) is 14.8. The molecule has 192 valence electrons. The Hall–Kier alpha value is -4.72. The standard InChI is InChI=1S/C24H23FN12O/c1-14-30-17-11-16(25)18(12-19(17)38-14)35-8-5-34(6-9-35)7-10-36-22-15(13-29-36)23-31-21(20-27-3-2-4-28-20)33-37(23)24(26)32-22/h2-4,11-13H,5-10H2,1H3,(H2,26,32). The van der Waals surface area contributed by atoms with Crippen molar-refractivity contribution in [3.8, 4) is 11.6 Å². The maximum Gasteiger partial charge on any atom is 0.225 e. The van der Waals surface area contributed by atoms with Crippen molar-refractivity contribution in [1.29, 1.82) is 0 Å². The summed E-state index contributed by atoms with van der Waals surface area (Å²) in [6.07, 6.45) is 4.99. The van der Waals surface area contributed by atoms with Gasteiger partial charge in [-0.25, -0.2) is 29.0 Å². The van der Waals surface area contributed by atoms with Crippen LogP contribution in [0.5, 0.6) is 0 Å². The number of aryl methyl sites for hydroxylation is 1. The Morgan fingerprint density at radius 1 is 0.974 bits per heavy atom. The molecule has 0 unspecified atom stereocenters. The fraction of sp³-hybridized carbons (Fsp3) is 0.292. The molecular weight excluding hydrogens is 491 g/mol. The number of anilines is 2. The topological polar surface area (TPSA) is 145 Å². The molecule has 0 bridgehead atoms. The molecule has 1 saturated heterocycles. The van der Waals surface area contributed by atoms with Crippen molar-refractivity contribution < 1.29 is 8.81 Å². The lowest BCUT2D eigenvalue weighted by atomic mass is 10.2. The molecule has 0 saturated carbocycles. The molecule has 13 nitrogen and oxygen atoms in total. The van der Waals surface area contributed by atoms with Crippen LogP contribution in [0.2, 0.25) is 0 Å². The molecule has 0 amide bonds. The molecule has 0 aliphatic carbocycles. The molecule has 14 heteroatoms. The molecule has 1 fully saturated rings. The number of nitrogen functional groups attached to an aromatic ring is 1. The molecular formula is C24H23FN12O. The number of halogens is 1. The Morgan fingerprint density at radius 2 is 1.79 bits per heavy atom. The minimum Gasteiger partial charge on any atom is -0.441 e. The highest BCUT2D eigenvalue weighted by Crippen LogP contribution is 2.27. The molecule has 38 heavy (non-hydrogen) atoms. The monoisotopic (exact) mass is 514 g/mol. The van der Waals surface area contributed by atoms with Crippen LogP contribution < -0.4 is 10.6 Å². The van der Waals surface area contributed by atoms with Gasteiger partial charge in [0, 0.05) is 64.2 Å². The van der Waals surface area contributed by atoms with Gasteiger partial charge in [0.15, 0.2) is 28.6 Å². The minimum atomic E-state index is -0.285. The zero-order chi connectivity index (χ0) is 25.8. The third kappa shape index (κ3) is 3.76. The highest BCUT2D eigenvalue weighted by Gasteiger charge is 2.22. The van der Waals surface area contributed by atoms with E-state index in [4.69, 9.17) is 10.2 Å². The number of hydrogen-bond donors (Lipinski definition) is 1. The number of fused-ring (bicyclic) bond motifs is 4. The molecule has 7 rings (SSSR count). The third-order valence-corrected chi connectivity index (χ3v) is 6.77. The number of piperazine rings is 1. The molecule has 6 heterocycles. The fourth-order valence-electron chi connectivity index (χ4n) is 4.87. The lowest BCUT2D eigenvalue weighted by Crippen LogP contribution is -2.47. The van der Waals surface area contributed by atoms with Crippen LogP contribution in [0.1, 0.15) is 5.89 Å². The SMILES string of the molecule is Cc1nc2cc(F)c(N3CCN(CCn4ncc5c4nc(N)n4nc(-c6ncccn6)nc54)CC3)cc2o1. The van der Waals surface area contributed by atoms with Gasteiger partial charge in [0.05, 0.1) is 23.8 Å². The Labute approximate surface area is 214 Å². The number of rotatable bonds is 5.